The van der Waals surface area contributed by atoms with Gasteiger partial charge in [0.25, 0.3) is 6.43 Å². The van der Waals surface area contributed by atoms with E-state index in [0.29, 0.717) is 18.4 Å². The van der Waals surface area contributed by atoms with Crippen molar-refractivity contribution < 1.29 is 18.3 Å². The van der Waals surface area contributed by atoms with Gasteiger partial charge >= 0.3 is 0 Å². The minimum absolute atomic E-state index is 0.193. The second-order valence-corrected chi connectivity index (χ2v) is 3.76. The minimum atomic E-state index is -2.87. The lowest BCUT2D eigenvalue weighted by Crippen LogP contribution is -2.08. The first-order valence-corrected chi connectivity index (χ1v) is 4.92. The molecule has 0 aliphatic heterocycles. The minimum Gasteiger partial charge on any atom is -0.508 e. The quantitative estimate of drug-likeness (QED) is 0.763. The third-order valence-corrected chi connectivity index (χ3v) is 2.82. The molecule has 0 saturated carbocycles. The molecule has 15 heavy (non-hydrogen) atoms. The van der Waals surface area contributed by atoms with Gasteiger partial charge < -0.3 is 5.11 Å². The molecule has 4 heteroatoms. The summed E-state index contributed by atoms with van der Waals surface area (Å²) in [4.78, 5) is 0. The summed E-state index contributed by atoms with van der Waals surface area (Å²) in [5.74, 6) is -1.03. The fourth-order valence-corrected chi connectivity index (χ4v) is 2.06. The number of aromatic hydroxyl groups is 1. The van der Waals surface area contributed by atoms with Gasteiger partial charge in [-0.05, 0) is 42.9 Å². The Hall–Kier alpha value is -1.19. The van der Waals surface area contributed by atoms with E-state index in [1.165, 1.54) is 0 Å². The molecule has 1 aliphatic rings. The maximum atomic E-state index is 13.6. The highest BCUT2D eigenvalue weighted by atomic mass is 19.3. The van der Waals surface area contributed by atoms with E-state index < -0.39 is 17.8 Å². The van der Waals surface area contributed by atoms with E-state index in [2.05, 4.69) is 0 Å². The van der Waals surface area contributed by atoms with E-state index in [4.69, 9.17) is 0 Å². The topological polar surface area (TPSA) is 20.2 Å². The first-order valence-electron chi connectivity index (χ1n) is 4.92. The van der Waals surface area contributed by atoms with Crippen LogP contribution in [0.4, 0.5) is 13.2 Å². The molecule has 1 aromatic rings. The molecule has 1 nitrogen and oxygen atoms in total. The van der Waals surface area contributed by atoms with Gasteiger partial charge in [-0.3, -0.25) is 0 Å². The highest BCUT2D eigenvalue weighted by molar-refractivity contribution is 5.45. The first-order chi connectivity index (χ1) is 7.11. The zero-order valence-corrected chi connectivity index (χ0v) is 8.06. The van der Waals surface area contributed by atoms with Gasteiger partial charge in [-0.25, -0.2) is 13.2 Å². The second-order valence-electron chi connectivity index (χ2n) is 3.76. The Morgan fingerprint density at radius 3 is 2.33 bits per heavy atom. The number of halogens is 3. The highest BCUT2D eigenvalue weighted by Gasteiger charge is 2.24. The van der Waals surface area contributed by atoms with Crippen molar-refractivity contribution in [3.8, 4) is 5.75 Å². The lowest BCUT2D eigenvalue weighted by atomic mass is 9.89. The van der Waals surface area contributed by atoms with Crippen LogP contribution >= 0.6 is 0 Å². The molecule has 0 amide bonds. The van der Waals surface area contributed by atoms with E-state index in [1.54, 1.807) is 0 Å². The van der Waals surface area contributed by atoms with Crippen molar-refractivity contribution in [2.24, 2.45) is 0 Å². The summed E-state index contributed by atoms with van der Waals surface area (Å²) in [6, 6.07) is 0.851. The molecule has 0 radical (unpaired) electrons. The van der Waals surface area contributed by atoms with E-state index in [9.17, 15) is 18.3 Å². The number of hydrogen-bond acceptors (Lipinski definition) is 1. The van der Waals surface area contributed by atoms with Gasteiger partial charge in [0.1, 0.15) is 11.6 Å². The smallest absolute Gasteiger partial charge is 0.266 e. The zero-order chi connectivity index (χ0) is 11.0. The van der Waals surface area contributed by atoms with Gasteiger partial charge in [0.05, 0.1) is 5.56 Å². The number of fused-ring (bicyclic) bond motifs is 1. The molecular formula is C11H11F3O. The molecule has 0 bridgehead atoms. The van der Waals surface area contributed by atoms with Crippen LogP contribution < -0.4 is 0 Å². The molecule has 1 N–H and O–H groups in total. The average Bonchev–Trinajstić information content (AvgIpc) is 2.23. The summed E-state index contributed by atoms with van der Waals surface area (Å²) < 4.78 is 38.4. The fraction of sp³-hybridized carbons (Fsp3) is 0.455. The van der Waals surface area contributed by atoms with Crippen LogP contribution in [0.5, 0.6) is 5.75 Å². The molecule has 1 aromatic carbocycles. The number of phenolic OH excluding ortho intramolecular Hbond substituents is 1. The van der Waals surface area contributed by atoms with Crippen LogP contribution in [0.1, 0.15) is 36.0 Å². The number of rotatable bonds is 1. The molecule has 0 spiro atoms. The summed E-state index contributed by atoms with van der Waals surface area (Å²) in [5.41, 5.74) is 0.0906. The van der Waals surface area contributed by atoms with Crippen molar-refractivity contribution in [3.05, 3.63) is 28.6 Å². The van der Waals surface area contributed by atoms with Crippen molar-refractivity contribution in [1.29, 1.82) is 0 Å². The van der Waals surface area contributed by atoms with E-state index in [1.807, 2.05) is 0 Å². The largest absolute Gasteiger partial charge is 0.508 e. The predicted molar refractivity (Wildman–Crippen MR) is 49.7 cm³/mol. The van der Waals surface area contributed by atoms with Gasteiger partial charge in [-0.15, -0.1) is 0 Å². The SMILES string of the molecule is Oc1cc(C(F)F)c(F)c2c1CCCC2. The molecule has 0 fully saturated rings. The maximum absolute atomic E-state index is 13.6. The molecule has 0 heterocycles. The lowest BCUT2D eigenvalue weighted by molar-refractivity contribution is 0.145. The Bertz CT molecular complexity index is 388. The second kappa shape index (κ2) is 3.76. The monoisotopic (exact) mass is 216 g/mol. The van der Waals surface area contributed by atoms with Gasteiger partial charge in [0, 0.05) is 0 Å². The lowest BCUT2D eigenvalue weighted by Gasteiger charge is -2.19. The third-order valence-electron chi connectivity index (χ3n) is 2.82. The molecule has 0 aromatic heterocycles. The summed E-state index contributed by atoms with van der Waals surface area (Å²) >= 11 is 0. The van der Waals surface area contributed by atoms with Crippen LogP contribution in [-0.2, 0) is 12.8 Å². The molecule has 0 saturated heterocycles. The molecule has 0 unspecified atom stereocenters. The van der Waals surface area contributed by atoms with Gasteiger partial charge in [0.15, 0.2) is 0 Å². The Morgan fingerprint density at radius 1 is 1.13 bits per heavy atom. The van der Waals surface area contributed by atoms with Crippen molar-refractivity contribution in [3.63, 3.8) is 0 Å². The van der Waals surface area contributed by atoms with Crippen molar-refractivity contribution in [2.45, 2.75) is 32.1 Å². The van der Waals surface area contributed by atoms with Gasteiger partial charge in [-0.1, -0.05) is 0 Å². The van der Waals surface area contributed by atoms with Crippen LogP contribution in [0, 0.1) is 5.82 Å². The molecule has 1 aliphatic carbocycles. The van der Waals surface area contributed by atoms with E-state index >= 15 is 0 Å². The number of hydrogen-bond donors (Lipinski definition) is 1. The molecular weight excluding hydrogens is 205 g/mol. The van der Waals surface area contributed by atoms with Crippen molar-refractivity contribution in [1.82, 2.24) is 0 Å². The van der Waals surface area contributed by atoms with Crippen LogP contribution in [-0.4, -0.2) is 5.11 Å². The molecule has 0 atom stereocenters. The van der Waals surface area contributed by atoms with E-state index in [0.717, 1.165) is 18.9 Å². The fourth-order valence-electron chi connectivity index (χ4n) is 2.06. The van der Waals surface area contributed by atoms with E-state index in [-0.39, 0.29) is 11.3 Å². The summed E-state index contributed by atoms with van der Waals surface area (Å²) in [6.45, 7) is 0. The Balaban J connectivity index is 2.59. The summed E-state index contributed by atoms with van der Waals surface area (Å²) in [6.07, 6.45) is -0.204. The number of alkyl halides is 2. The first kappa shape index (κ1) is 10.3. The molecule has 2 rings (SSSR count). The van der Waals surface area contributed by atoms with Crippen LogP contribution in [0.2, 0.25) is 0 Å². The van der Waals surface area contributed by atoms with Gasteiger partial charge in [-0.2, -0.15) is 0 Å². The van der Waals surface area contributed by atoms with Crippen LogP contribution in [0.15, 0.2) is 6.07 Å². The third kappa shape index (κ3) is 1.68. The summed E-state index contributed by atoms with van der Waals surface area (Å²) in [7, 11) is 0. The number of benzene rings is 1. The Labute approximate surface area is 85.5 Å². The Morgan fingerprint density at radius 2 is 1.73 bits per heavy atom. The normalized spacial score (nSPS) is 15.5. The van der Waals surface area contributed by atoms with Crippen LogP contribution in [0.3, 0.4) is 0 Å². The predicted octanol–water partition coefficient (Wildman–Crippen LogP) is 3.35. The Kier molecular flexibility index (Phi) is 2.59. The van der Waals surface area contributed by atoms with Crippen LogP contribution in [0.25, 0.3) is 0 Å². The maximum Gasteiger partial charge on any atom is 0.266 e. The molecule has 82 valence electrons. The zero-order valence-electron chi connectivity index (χ0n) is 8.06. The standard InChI is InChI=1S/C11H11F3O/c12-10-7-4-2-1-3-6(7)9(15)5-8(10)11(13)14/h5,11,15H,1-4H2. The summed E-state index contributed by atoms with van der Waals surface area (Å²) in [5, 5.41) is 9.51. The number of phenols is 1. The van der Waals surface area contributed by atoms with Crippen molar-refractivity contribution >= 4 is 0 Å². The van der Waals surface area contributed by atoms with Crippen molar-refractivity contribution in [2.75, 3.05) is 0 Å². The average molecular weight is 216 g/mol. The van der Waals surface area contributed by atoms with Gasteiger partial charge in [0.2, 0.25) is 0 Å². The highest BCUT2D eigenvalue weighted by Crippen LogP contribution is 2.36.